The number of hydrogen-bond donors (Lipinski definition) is 3. The molecule has 0 spiro atoms. The van der Waals surface area contributed by atoms with Crippen LogP contribution in [0.2, 0.25) is 0 Å². The molecule has 1 unspecified atom stereocenters. The van der Waals surface area contributed by atoms with Crippen molar-refractivity contribution in [1.29, 1.82) is 0 Å². The smallest absolute Gasteiger partial charge is 0.331 e. The fourth-order valence-electron chi connectivity index (χ4n) is 1.91. The number of carboxylic acid groups (broad SMARTS) is 1. The van der Waals surface area contributed by atoms with Crippen molar-refractivity contribution >= 4 is 21.9 Å². The monoisotopic (exact) mass is 372 g/mol. The lowest BCUT2D eigenvalue weighted by molar-refractivity contribution is -0.145. The van der Waals surface area contributed by atoms with Gasteiger partial charge in [0.1, 0.15) is 0 Å². The van der Waals surface area contributed by atoms with E-state index < -0.39 is 27.4 Å². The van der Waals surface area contributed by atoms with Gasteiger partial charge in [0, 0.05) is 19.2 Å². The average Bonchev–Trinajstić information content (AvgIpc) is 2.53. The largest absolute Gasteiger partial charge is 0.479 e. The van der Waals surface area contributed by atoms with E-state index in [-0.39, 0.29) is 23.0 Å². The first-order chi connectivity index (χ1) is 11.5. The molecule has 1 aromatic rings. The predicted octanol–water partition coefficient (Wildman–Crippen LogP) is 0.840. The molecule has 0 saturated carbocycles. The first kappa shape index (κ1) is 21.1. The van der Waals surface area contributed by atoms with Crippen LogP contribution < -0.4 is 10.0 Å². The summed E-state index contributed by atoms with van der Waals surface area (Å²) in [6, 6.07) is 5.25. The Kier molecular flexibility index (Phi) is 7.09. The molecule has 25 heavy (non-hydrogen) atoms. The zero-order chi connectivity index (χ0) is 19.3. The third kappa shape index (κ3) is 5.80. The molecule has 8 nitrogen and oxygen atoms in total. The van der Waals surface area contributed by atoms with E-state index >= 15 is 0 Å². The van der Waals surface area contributed by atoms with Crippen molar-refractivity contribution in [2.75, 3.05) is 20.3 Å². The molecule has 0 aliphatic rings. The van der Waals surface area contributed by atoms with E-state index in [2.05, 4.69) is 10.0 Å². The van der Waals surface area contributed by atoms with Gasteiger partial charge in [-0.3, -0.25) is 4.79 Å². The van der Waals surface area contributed by atoms with Gasteiger partial charge in [0.05, 0.1) is 11.5 Å². The van der Waals surface area contributed by atoms with E-state index in [1.807, 2.05) is 13.8 Å². The number of sulfonamides is 1. The molecule has 0 radical (unpaired) electrons. The predicted molar refractivity (Wildman–Crippen MR) is 91.9 cm³/mol. The molecule has 1 amide bonds. The van der Waals surface area contributed by atoms with Crippen LogP contribution in [0.5, 0.6) is 0 Å². The average molecular weight is 372 g/mol. The number of amides is 1. The zero-order valence-corrected chi connectivity index (χ0v) is 15.5. The van der Waals surface area contributed by atoms with Gasteiger partial charge in [0.2, 0.25) is 10.0 Å². The number of hydrogen-bond acceptors (Lipinski definition) is 5. The molecule has 1 atom stereocenters. The topological polar surface area (TPSA) is 122 Å². The van der Waals surface area contributed by atoms with Crippen molar-refractivity contribution in [3.8, 4) is 0 Å². The lowest BCUT2D eigenvalue weighted by Crippen LogP contribution is -2.55. The number of aliphatic carboxylic acids is 1. The van der Waals surface area contributed by atoms with Crippen molar-refractivity contribution in [2.24, 2.45) is 5.92 Å². The van der Waals surface area contributed by atoms with Crippen molar-refractivity contribution in [3.63, 3.8) is 0 Å². The number of rotatable bonds is 9. The molecule has 1 rings (SSSR count). The van der Waals surface area contributed by atoms with Crippen LogP contribution >= 0.6 is 0 Å². The van der Waals surface area contributed by atoms with E-state index in [9.17, 15) is 23.1 Å². The van der Waals surface area contributed by atoms with Gasteiger partial charge >= 0.3 is 5.97 Å². The lowest BCUT2D eigenvalue weighted by Gasteiger charge is -2.25. The van der Waals surface area contributed by atoms with Crippen LogP contribution in [0, 0.1) is 5.92 Å². The maximum absolute atomic E-state index is 12.2. The Labute approximate surface area is 147 Å². The number of benzene rings is 1. The molecule has 0 bridgehead atoms. The van der Waals surface area contributed by atoms with Crippen molar-refractivity contribution in [2.45, 2.75) is 31.2 Å². The molecule has 0 saturated heterocycles. The Morgan fingerprint density at radius 2 is 1.80 bits per heavy atom. The zero-order valence-electron chi connectivity index (χ0n) is 14.7. The highest BCUT2D eigenvalue weighted by Gasteiger charge is 2.35. The van der Waals surface area contributed by atoms with Crippen LogP contribution in [0.3, 0.4) is 0 Å². The molecular formula is C16H24N2O6S. The molecule has 1 aromatic carbocycles. The second-order valence-electron chi connectivity index (χ2n) is 6.29. The Hall–Kier alpha value is -1.97. The maximum atomic E-state index is 12.2. The fourth-order valence-corrected chi connectivity index (χ4v) is 3.12. The molecule has 0 aliphatic heterocycles. The quantitative estimate of drug-likeness (QED) is 0.590. The minimum atomic E-state index is -3.65. The first-order valence-electron chi connectivity index (χ1n) is 7.66. The summed E-state index contributed by atoms with van der Waals surface area (Å²) in [6.45, 7) is 5.19. The van der Waals surface area contributed by atoms with Gasteiger partial charge in [-0.1, -0.05) is 13.8 Å². The first-order valence-corrected chi connectivity index (χ1v) is 9.14. The summed E-state index contributed by atoms with van der Waals surface area (Å²) in [7, 11) is -2.32. The number of carbonyl (C=O) groups excluding carboxylic acids is 1. The Morgan fingerprint density at radius 3 is 2.24 bits per heavy atom. The summed E-state index contributed by atoms with van der Waals surface area (Å²) in [4.78, 5) is 23.6. The van der Waals surface area contributed by atoms with Gasteiger partial charge in [0.25, 0.3) is 5.91 Å². The van der Waals surface area contributed by atoms with E-state index in [0.29, 0.717) is 6.54 Å². The van der Waals surface area contributed by atoms with Crippen LogP contribution in [0.25, 0.3) is 0 Å². The third-order valence-electron chi connectivity index (χ3n) is 3.40. The molecular weight excluding hydrogens is 348 g/mol. The minimum absolute atomic E-state index is 0.0302. The molecule has 0 fully saturated rings. The summed E-state index contributed by atoms with van der Waals surface area (Å²) >= 11 is 0. The van der Waals surface area contributed by atoms with Crippen molar-refractivity contribution < 1.29 is 27.9 Å². The highest BCUT2D eigenvalue weighted by atomic mass is 32.2. The second-order valence-corrected chi connectivity index (χ2v) is 8.06. The summed E-state index contributed by atoms with van der Waals surface area (Å²) in [6.07, 6.45) is 0. The van der Waals surface area contributed by atoms with Crippen LogP contribution in [0.1, 0.15) is 31.1 Å². The van der Waals surface area contributed by atoms with E-state index in [4.69, 9.17) is 4.74 Å². The summed E-state index contributed by atoms with van der Waals surface area (Å²) in [5.74, 6) is -1.71. The molecule has 0 aromatic heterocycles. The Bertz CT molecular complexity index is 715. The van der Waals surface area contributed by atoms with Crippen LogP contribution in [-0.4, -0.2) is 51.2 Å². The van der Waals surface area contributed by atoms with Crippen LogP contribution in [0.4, 0.5) is 0 Å². The highest BCUT2D eigenvalue weighted by molar-refractivity contribution is 7.89. The lowest BCUT2D eigenvalue weighted by atomic mass is 10.0. The van der Waals surface area contributed by atoms with E-state index in [1.165, 1.54) is 38.3 Å². The van der Waals surface area contributed by atoms with Gasteiger partial charge in [-0.2, -0.15) is 0 Å². The van der Waals surface area contributed by atoms with Crippen molar-refractivity contribution in [3.05, 3.63) is 29.8 Å². The van der Waals surface area contributed by atoms with Crippen molar-refractivity contribution in [1.82, 2.24) is 10.0 Å². The van der Waals surface area contributed by atoms with Gasteiger partial charge < -0.3 is 15.2 Å². The number of carbonyl (C=O) groups is 2. The highest BCUT2D eigenvalue weighted by Crippen LogP contribution is 2.13. The Balaban J connectivity index is 2.92. The second kappa shape index (κ2) is 8.41. The maximum Gasteiger partial charge on any atom is 0.331 e. The molecule has 0 aliphatic carbocycles. The van der Waals surface area contributed by atoms with Crippen LogP contribution in [0.15, 0.2) is 29.2 Å². The third-order valence-corrected chi connectivity index (χ3v) is 4.84. The number of methoxy groups -OCH3 is 1. The van der Waals surface area contributed by atoms with Gasteiger partial charge in [-0.15, -0.1) is 0 Å². The van der Waals surface area contributed by atoms with Gasteiger partial charge in [-0.05, 0) is 37.1 Å². The van der Waals surface area contributed by atoms with Crippen LogP contribution in [-0.2, 0) is 19.6 Å². The molecule has 3 N–H and O–H groups in total. The van der Waals surface area contributed by atoms with Gasteiger partial charge in [0.15, 0.2) is 5.54 Å². The van der Waals surface area contributed by atoms with Gasteiger partial charge in [-0.25, -0.2) is 17.9 Å². The standard InChI is InChI=1S/C16H24N2O6S/c1-11(2)9-17-25(22,23)13-7-5-12(6-8-13)14(19)18-16(3,10-24-4)15(20)21/h5-8,11,17H,9-10H2,1-4H3,(H,18,19)(H,20,21). The SMILES string of the molecule is COCC(C)(NC(=O)c1ccc(S(=O)(=O)NCC(C)C)cc1)C(=O)O. The number of nitrogens with one attached hydrogen (secondary N) is 2. The minimum Gasteiger partial charge on any atom is -0.479 e. The summed E-state index contributed by atoms with van der Waals surface area (Å²) in [5.41, 5.74) is -1.44. The summed E-state index contributed by atoms with van der Waals surface area (Å²) < 4.78 is 31.5. The van der Waals surface area contributed by atoms with E-state index in [1.54, 1.807) is 0 Å². The van der Waals surface area contributed by atoms with E-state index in [0.717, 1.165) is 0 Å². The normalized spacial score (nSPS) is 14.1. The molecule has 9 heteroatoms. The number of ether oxygens (including phenoxy) is 1. The Morgan fingerprint density at radius 1 is 1.24 bits per heavy atom. The summed E-state index contributed by atoms with van der Waals surface area (Å²) in [5, 5.41) is 11.6. The molecule has 140 valence electrons. The number of carboxylic acids is 1. The molecule has 0 heterocycles. The fraction of sp³-hybridized carbons (Fsp3) is 0.500.